The van der Waals surface area contributed by atoms with Gasteiger partial charge in [-0.15, -0.1) is 11.3 Å². The number of hydrogen-bond donors (Lipinski definition) is 2. The molecule has 0 amide bonds. The number of anilines is 1. The van der Waals surface area contributed by atoms with Crippen LogP contribution in [0.3, 0.4) is 0 Å². The lowest BCUT2D eigenvalue weighted by atomic mass is 10.2. The Hall–Kier alpha value is -2.53. The van der Waals surface area contributed by atoms with Gasteiger partial charge in [-0.3, -0.25) is 0 Å². The number of benzene rings is 1. The van der Waals surface area contributed by atoms with Crippen molar-refractivity contribution in [3.8, 4) is 5.69 Å². The molecular weight excluding hydrogens is 284 g/mol. The molecule has 2 heterocycles. The van der Waals surface area contributed by atoms with Crippen LogP contribution < -0.4 is 5.32 Å². The Bertz CT molecular complexity index is 747. The first-order valence-corrected chi connectivity index (χ1v) is 7.38. The van der Waals surface area contributed by atoms with E-state index in [1.54, 1.807) is 11.4 Å². The minimum Gasteiger partial charge on any atom is -0.478 e. The molecule has 0 atom stereocenters. The van der Waals surface area contributed by atoms with Crippen molar-refractivity contribution in [1.29, 1.82) is 0 Å². The van der Waals surface area contributed by atoms with E-state index < -0.39 is 5.97 Å². The summed E-state index contributed by atoms with van der Waals surface area (Å²) in [6.45, 7) is 0.618. The van der Waals surface area contributed by atoms with Crippen LogP contribution in [0.5, 0.6) is 0 Å². The Balaban J connectivity index is 1.70. The summed E-state index contributed by atoms with van der Waals surface area (Å²) >= 11 is 1.45. The average molecular weight is 298 g/mol. The van der Waals surface area contributed by atoms with Gasteiger partial charge in [0.2, 0.25) is 0 Å². The summed E-state index contributed by atoms with van der Waals surface area (Å²) in [5.41, 5.74) is 2.44. The van der Waals surface area contributed by atoms with Crippen molar-refractivity contribution in [3.63, 3.8) is 0 Å². The molecule has 0 aliphatic carbocycles. The lowest BCUT2D eigenvalue weighted by Crippen LogP contribution is -1.99. The standard InChI is InChI=1S/C16H14N2O2S/c19-16(20)12-8-15(21-11-12)10-17-13-4-3-5-14(9-13)18-6-1-2-7-18/h1-9,11,17H,10H2,(H,19,20). The number of rotatable bonds is 5. The Kier molecular flexibility index (Phi) is 3.75. The quantitative estimate of drug-likeness (QED) is 0.752. The lowest BCUT2D eigenvalue weighted by Gasteiger charge is -2.08. The van der Waals surface area contributed by atoms with E-state index in [4.69, 9.17) is 5.11 Å². The van der Waals surface area contributed by atoms with Crippen molar-refractivity contribution in [1.82, 2.24) is 4.57 Å². The molecule has 21 heavy (non-hydrogen) atoms. The zero-order valence-electron chi connectivity index (χ0n) is 11.2. The Morgan fingerprint density at radius 1 is 1.19 bits per heavy atom. The number of nitrogens with one attached hydrogen (secondary N) is 1. The first-order chi connectivity index (χ1) is 10.2. The molecule has 0 saturated carbocycles. The number of carboxylic acids is 1. The van der Waals surface area contributed by atoms with Crippen molar-refractivity contribution in [2.75, 3.05) is 5.32 Å². The Labute approximate surface area is 126 Å². The molecule has 4 nitrogen and oxygen atoms in total. The highest BCUT2D eigenvalue weighted by atomic mass is 32.1. The monoisotopic (exact) mass is 298 g/mol. The van der Waals surface area contributed by atoms with E-state index in [-0.39, 0.29) is 0 Å². The fraction of sp³-hybridized carbons (Fsp3) is 0.0625. The highest BCUT2D eigenvalue weighted by Gasteiger charge is 2.06. The van der Waals surface area contributed by atoms with E-state index in [1.807, 2.05) is 47.3 Å². The van der Waals surface area contributed by atoms with Crippen LogP contribution in [-0.4, -0.2) is 15.6 Å². The van der Waals surface area contributed by atoms with Gasteiger partial charge in [0.15, 0.2) is 0 Å². The molecule has 5 heteroatoms. The summed E-state index contributed by atoms with van der Waals surface area (Å²) in [5.74, 6) is -0.882. The van der Waals surface area contributed by atoms with Crippen molar-refractivity contribution in [2.45, 2.75) is 6.54 Å². The van der Waals surface area contributed by atoms with Gasteiger partial charge in [-0.05, 0) is 36.4 Å². The summed E-state index contributed by atoms with van der Waals surface area (Å²) in [7, 11) is 0. The van der Waals surface area contributed by atoms with Crippen LogP contribution in [0.1, 0.15) is 15.2 Å². The van der Waals surface area contributed by atoms with Crippen molar-refractivity contribution in [3.05, 3.63) is 70.7 Å². The first-order valence-electron chi connectivity index (χ1n) is 6.50. The molecule has 0 saturated heterocycles. The van der Waals surface area contributed by atoms with Gasteiger partial charge in [0.1, 0.15) is 0 Å². The van der Waals surface area contributed by atoms with Gasteiger partial charge in [0.25, 0.3) is 0 Å². The minimum absolute atomic E-state index is 0.345. The van der Waals surface area contributed by atoms with Gasteiger partial charge >= 0.3 is 5.97 Å². The van der Waals surface area contributed by atoms with Gasteiger partial charge in [-0.1, -0.05) is 6.07 Å². The SMILES string of the molecule is O=C(O)c1csc(CNc2cccc(-n3cccc3)c2)c1. The zero-order chi connectivity index (χ0) is 14.7. The van der Waals surface area contributed by atoms with Crippen LogP contribution in [0.15, 0.2) is 60.2 Å². The highest BCUT2D eigenvalue weighted by molar-refractivity contribution is 7.10. The first kappa shape index (κ1) is 13.5. The summed E-state index contributed by atoms with van der Waals surface area (Å²) < 4.78 is 2.04. The van der Waals surface area contributed by atoms with Crippen LogP contribution >= 0.6 is 11.3 Å². The van der Waals surface area contributed by atoms with Gasteiger partial charge in [-0.25, -0.2) is 4.79 Å². The second-order valence-corrected chi connectivity index (χ2v) is 5.60. The molecule has 0 fully saturated rings. The number of carbonyl (C=O) groups is 1. The summed E-state index contributed by atoms with van der Waals surface area (Å²) in [6.07, 6.45) is 4.00. The largest absolute Gasteiger partial charge is 0.478 e. The highest BCUT2D eigenvalue weighted by Crippen LogP contribution is 2.19. The number of nitrogens with zero attached hydrogens (tertiary/aromatic N) is 1. The average Bonchev–Trinajstić information content (AvgIpc) is 3.17. The molecule has 0 bridgehead atoms. The number of aromatic carboxylic acids is 1. The van der Waals surface area contributed by atoms with Crippen molar-refractivity contribution < 1.29 is 9.90 Å². The number of aromatic nitrogens is 1. The van der Waals surface area contributed by atoms with Crippen molar-refractivity contribution in [2.24, 2.45) is 0 Å². The maximum absolute atomic E-state index is 10.8. The second-order valence-electron chi connectivity index (χ2n) is 4.60. The number of hydrogen-bond acceptors (Lipinski definition) is 3. The lowest BCUT2D eigenvalue weighted by molar-refractivity contribution is 0.0697. The topological polar surface area (TPSA) is 54.3 Å². The Morgan fingerprint density at radius 3 is 2.71 bits per heavy atom. The molecular formula is C16H14N2O2S. The van der Waals surface area contributed by atoms with E-state index in [0.29, 0.717) is 12.1 Å². The van der Waals surface area contributed by atoms with Crippen LogP contribution in [0.2, 0.25) is 0 Å². The maximum atomic E-state index is 10.8. The Morgan fingerprint density at radius 2 is 2.00 bits per heavy atom. The van der Waals surface area contributed by atoms with Crippen LogP contribution in [0.25, 0.3) is 5.69 Å². The van der Waals surface area contributed by atoms with Crippen LogP contribution in [-0.2, 0) is 6.54 Å². The molecule has 0 aliphatic rings. The molecule has 3 aromatic rings. The third kappa shape index (κ3) is 3.14. The van der Waals surface area contributed by atoms with Gasteiger partial charge in [0, 0.05) is 40.6 Å². The predicted molar refractivity (Wildman–Crippen MR) is 84.4 cm³/mol. The molecule has 2 aromatic heterocycles. The van der Waals surface area contributed by atoms with E-state index in [0.717, 1.165) is 16.3 Å². The third-order valence-corrected chi connectivity index (χ3v) is 4.05. The smallest absolute Gasteiger partial charge is 0.336 e. The molecule has 0 aliphatic heterocycles. The molecule has 0 radical (unpaired) electrons. The third-order valence-electron chi connectivity index (χ3n) is 3.12. The molecule has 3 rings (SSSR count). The number of thiophene rings is 1. The van der Waals surface area contributed by atoms with E-state index >= 15 is 0 Å². The van der Waals surface area contributed by atoms with Crippen LogP contribution in [0, 0.1) is 0 Å². The maximum Gasteiger partial charge on any atom is 0.336 e. The molecule has 0 unspecified atom stereocenters. The van der Waals surface area contributed by atoms with Gasteiger partial charge in [0.05, 0.1) is 5.56 Å². The number of carboxylic acid groups (broad SMARTS) is 1. The molecule has 0 spiro atoms. The molecule has 1 aromatic carbocycles. The van der Waals surface area contributed by atoms with Gasteiger partial charge < -0.3 is 15.0 Å². The fourth-order valence-electron chi connectivity index (χ4n) is 2.06. The summed E-state index contributed by atoms with van der Waals surface area (Å²) in [4.78, 5) is 11.8. The fourth-order valence-corrected chi connectivity index (χ4v) is 2.86. The molecule has 2 N–H and O–H groups in total. The normalized spacial score (nSPS) is 10.5. The molecule has 106 valence electrons. The second kappa shape index (κ2) is 5.85. The van der Waals surface area contributed by atoms with Crippen molar-refractivity contribution >= 4 is 23.0 Å². The predicted octanol–water partition coefficient (Wildman–Crippen LogP) is 3.85. The summed E-state index contributed by atoms with van der Waals surface area (Å²) in [6, 6.07) is 13.8. The van der Waals surface area contributed by atoms with E-state index in [1.165, 1.54) is 11.3 Å². The summed E-state index contributed by atoms with van der Waals surface area (Å²) in [5, 5.41) is 13.9. The van der Waals surface area contributed by atoms with E-state index in [9.17, 15) is 4.79 Å². The zero-order valence-corrected chi connectivity index (χ0v) is 12.0. The van der Waals surface area contributed by atoms with Gasteiger partial charge in [-0.2, -0.15) is 0 Å². The van der Waals surface area contributed by atoms with Crippen LogP contribution in [0.4, 0.5) is 5.69 Å². The minimum atomic E-state index is -0.882. The van der Waals surface area contributed by atoms with E-state index in [2.05, 4.69) is 11.4 Å².